The van der Waals surface area contributed by atoms with Gasteiger partial charge in [-0.1, -0.05) is 11.6 Å². The first-order chi connectivity index (χ1) is 4.18. The van der Waals surface area contributed by atoms with Crippen molar-refractivity contribution >= 4 is 23.2 Å². The highest BCUT2D eigenvalue weighted by Gasteiger charge is 1.91. The van der Waals surface area contributed by atoms with Crippen LogP contribution in [0.3, 0.4) is 0 Å². The lowest BCUT2D eigenvalue weighted by molar-refractivity contribution is -0.275. The van der Waals surface area contributed by atoms with Gasteiger partial charge in [0.15, 0.2) is 0 Å². The van der Waals surface area contributed by atoms with Gasteiger partial charge in [0.25, 0.3) is 0 Å². The van der Waals surface area contributed by atoms with E-state index >= 15 is 0 Å². The van der Waals surface area contributed by atoms with Gasteiger partial charge < -0.3 is 5.11 Å². The zero-order valence-electron chi connectivity index (χ0n) is 4.14. The van der Waals surface area contributed by atoms with Crippen LogP contribution in [0.25, 0.3) is 0 Å². The molecule has 0 saturated carbocycles. The number of hydrogen-bond acceptors (Lipinski definition) is 3. The van der Waals surface area contributed by atoms with Crippen molar-refractivity contribution in [2.24, 2.45) is 0 Å². The van der Waals surface area contributed by atoms with Crippen molar-refractivity contribution in [2.45, 2.75) is 0 Å². The number of aromatic nitrogens is 2. The van der Waals surface area contributed by atoms with Gasteiger partial charge in [-0.25, -0.2) is 9.97 Å². The van der Waals surface area contributed by atoms with Crippen molar-refractivity contribution in [2.75, 3.05) is 0 Å². The summed E-state index contributed by atoms with van der Waals surface area (Å²) in [5.41, 5.74) is 0. The molecule has 0 aliphatic rings. The minimum absolute atomic E-state index is 0.0694. The van der Waals surface area contributed by atoms with E-state index in [4.69, 9.17) is 23.2 Å². The summed E-state index contributed by atoms with van der Waals surface area (Å²) >= 11 is 10.6. The molecule has 0 fully saturated rings. The molecule has 1 aromatic heterocycles. The number of halogens is 2. The quantitative estimate of drug-likeness (QED) is 0.422. The first-order valence-corrected chi connectivity index (χ1v) is 2.81. The molecule has 0 aliphatic carbocycles. The fraction of sp³-hybridized carbons (Fsp3) is 0. The van der Waals surface area contributed by atoms with Gasteiger partial charge in [-0.05, 0) is 23.5 Å². The highest BCUT2D eigenvalue weighted by molar-refractivity contribution is 6.31. The molecule has 0 spiro atoms. The van der Waals surface area contributed by atoms with Gasteiger partial charge >= 0.3 is 0 Å². The van der Waals surface area contributed by atoms with Crippen LogP contribution in [0.1, 0.15) is 0 Å². The molecule has 0 radical (unpaired) electrons. The molecule has 5 heteroatoms. The third-order valence-corrected chi connectivity index (χ3v) is 1.01. The third-order valence-electron chi connectivity index (χ3n) is 0.644. The van der Waals surface area contributed by atoms with Gasteiger partial charge in [0.1, 0.15) is 5.15 Å². The first kappa shape index (κ1) is 6.58. The van der Waals surface area contributed by atoms with E-state index in [9.17, 15) is 5.11 Å². The maximum atomic E-state index is 10.4. The molecule has 1 heterocycles. The Labute approximate surface area is 61.3 Å². The van der Waals surface area contributed by atoms with Gasteiger partial charge in [0, 0.05) is 0 Å². The summed E-state index contributed by atoms with van der Waals surface area (Å²) in [7, 11) is 0. The molecule has 0 unspecified atom stereocenters. The second kappa shape index (κ2) is 2.37. The number of rotatable bonds is 0. The van der Waals surface area contributed by atoms with Crippen molar-refractivity contribution in [3.63, 3.8) is 0 Å². The lowest BCUT2D eigenvalue weighted by atomic mass is 10.6. The van der Waals surface area contributed by atoms with Crippen LogP contribution in [-0.2, 0) is 0 Å². The normalized spacial score (nSPS) is 9.56. The Morgan fingerprint density at radius 2 is 2.00 bits per heavy atom. The summed E-state index contributed by atoms with van der Waals surface area (Å²) in [6, 6.07) is 1.09. The van der Waals surface area contributed by atoms with Gasteiger partial charge in [-0.15, -0.1) is 0 Å². The molecule has 1 aromatic rings. The van der Waals surface area contributed by atoms with Crippen molar-refractivity contribution in [3.8, 4) is 5.88 Å². The highest BCUT2D eigenvalue weighted by Crippen LogP contribution is 2.11. The van der Waals surface area contributed by atoms with Crippen LogP contribution in [-0.4, -0.2) is 9.97 Å². The second-order valence-corrected chi connectivity index (χ2v) is 2.02. The standard InChI is InChI=1S/C4H2Cl2N2O/c5-2-1-3(9)8-4(6)7-2/h1H,(H,7,8,9)/p-1. The topological polar surface area (TPSA) is 48.8 Å². The van der Waals surface area contributed by atoms with Crippen LogP contribution in [0.15, 0.2) is 6.07 Å². The molecular weight excluding hydrogens is 163 g/mol. The third kappa shape index (κ3) is 1.69. The van der Waals surface area contributed by atoms with Gasteiger partial charge in [-0.2, -0.15) is 0 Å². The molecule has 0 bridgehead atoms. The lowest BCUT2D eigenvalue weighted by Crippen LogP contribution is -1.94. The van der Waals surface area contributed by atoms with E-state index in [1.54, 1.807) is 0 Å². The minimum atomic E-state index is -0.472. The summed E-state index contributed by atoms with van der Waals surface area (Å²) in [6.45, 7) is 0. The zero-order chi connectivity index (χ0) is 6.85. The molecule has 0 amide bonds. The van der Waals surface area contributed by atoms with E-state index in [-0.39, 0.29) is 10.4 Å². The molecule has 1 rings (SSSR count). The summed E-state index contributed by atoms with van der Waals surface area (Å²) in [5.74, 6) is -0.472. The monoisotopic (exact) mass is 163 g/mol. The van der Waals surface area contributed by atoms with Gasteiger partial charge in [-0.3, -0.25) is 0 Å². The summed E-state index contributed by atoms with van der Waals surface area (Å²) in [6.07, 6.45) is 0. The van der Waals surface area contributed by atoms with Crippen molar-refractivity contribution in [1.29, 1.82) is 0 Å². The van der Waals surface area contributed by atoms with E-state index in [2.05, 4.69) is 9.97 Å². The van der Waals surface area contributed by atoms with Crippen LogP contribution in [0, 0.1) is 0 Å². The minimum Gasteiger partial charge on any atom is -0.858 e. The van der Waals surface area contributed by atoms with Crippen molar-refractivity contribution in [3.05, 3.63) is 16.5 Å². The summed E-state index contributed by atoms with van der Waals surface area (Å²) < 4.78 is 0. The molecule has 0 saturated heterocycles. The summed E-state index contributed by atoms with van der Waals surface area (Å²) in [4.78, 5) is 6.70. The Morgan fingerprint density at radius 1 is 1.33 bits per heavy atom. The van der Waals surface area contributed by atoms with E-state index in [1.165, 1.54) is 0 Å². The number of nitrogens with zero attached hydrogens (tertiary/aromatic N) is 2. The van der Waals surface area contributed by atoms with Crippen LogP contribution in [0.4, 0.5) is 0 Å². The zero-order valence-corrected chi connectivity index (χ0v) is 5.65. The average Bonchev–Trinajstić information content (AvgIpc) is 1.59. The molecule has 0 aromatic carbocycles. The van der Waals surface area contributed by atoms with E-state index in [0.717, 1.165) is 6.07 Å². The van der Waals surface area contributed by atoms with Crippen molar-refractivity contribution < 1.29 is 5.11 Å². The second-order valence-electron chi connectivity index (χ2n) is 1.30. The molecule has 9 heavy (non-hydrogen) atoms. The fourth-order valence-electron chi connectivity index (χ4n) is 0.371. The smallest absolute Gasteiger partial charge is 0.223 e. The van der Waals surface area contributed by atoms with E-state index in [1.807, 2.05) is 0 Å². The molecule has 0 atom stereocenters. The fourth-order valence-corrected chi connectivity index (χ4v) is 0.762. The molecule has 3 nitrogen and oxygen atoms in total. The molecule has 0 N–H and O–H groups in total. The van der Waals surface area contributed by atoms with Crippen molar-refractivity contribution in [1.82, 2.24) is 9.97 Å². The van der Waals surface area contributed by atoms with Crippen LogP contribution in [0.2, 0.25) is 10.4 Å². The Hall–Kier alpha value is -0.540. The maximum Gasteiger partial charge on any atom is 0.223 e. The van der Waals surface area contributed by atoms with Gasteiger partial charge in [0.05, 0.1) is 0 Å². The number of hydrogen-bond donors (Lipinski definition) is 0. The molecular formula is C4HCl2N2O-. The summed E-state index contributed by atoms with van der Waals surface area (Å²) in [5, 5.41) is 10.3. The van der Waals surface area contributed by atoms with Gasteiger partial charge in [0.2, 0.25) is 5.28 Å². The Bertz CT molecular complexity index is 177. The average molecular weight is 164 g/mol. The first-order valence-electron chi connectivity index (χ1n) is 2.05. The maximum absolute atomic E-state index is 10.4. The van der Waals surface area contributed by atoms with Crippen LogP contribution in [0.5, 0.6) is 5.88 Å². The highest BCUT2D eigenvalue weighted by atomic mass is 35.5. The van der Waals surface area contributed by atoms with E-state index in [0.29, 0.717) is 0 Å². The Balaban J connectivity index is 3.17. The molecule has 0 aliphatic heterocycles. The predicted octanol–water partition coefficient (Wildman–Crippen LogP) is 0.857. The lowest BCUT2D eigenvalue weighted by Gasteiger charge is -2.01. The van der Waals surface area contributed by atoms with Crippen LogP contribution >= 0.6 is 23.2 Å². The Kier molecular flexibility index (Phi) is 1.73. The molecule has 48 valence electrons. The predicted molar refractivity (Wildman–Crippen MR) is 31.5 cm³/mol. The van der Waals surface area contributed by atoms with E-state index < -0.39 is 5.88 Å². The largest absolute Gasteiger partial charge is 0.858 e. The van der Waals surface area contributed by atoms with Crippen LogP contribution < -0.4 is 5.11 Å². The Morgan fingerprint density at radius 3 is 2.44 bits per heavy atom. The SMILES string of the molecule is [O-]c1cc(Cl)nc(Cl)n1.